The van der Waals surface area contributed by atoms with Crippen LogP contribution in [0.3, 0.4) is 0 Å². The molecule has 0 saturated heterocycles. The lowest BCUT2D eigenvalue weighted by Crippen LogP contribution is -2.20. The molecular weight excluding hydrogens is 430 g/mol. The number of pyridine rings is 1. The molecule has 0 aliphatic rings. The molecule has 0 aliphatic heterocycles. The second-order valence-corrected chi connectivity index (χ2v) is 7.85. The molecule has 0 aliphatic carbocycles. The van der Waals surface area contributed by atoms with E-state index in [1.165, 1.54) is 0 Å². The van der Waals surface area contributed by atoms with Crippen molar-refractivity contribution in [2.24, 2.45) is 0 Å². The third-order valence-electron chi connectivity index (χ3n) is 5.03. The van der Waals surface area contributed by atoms with Gasteiger partial charge in [-0.1, -0.05) is 42.5 Å². The molecule has 0 radical (unpaired) electrons. The molecule has 0 spiro atoms. The SMILES string of the molecule is Cc1ccc(C(=O)O)cc1-c1ccc2c(=O)n(Cc3ccccc3)cc(Br)c2c1. The van der Waals surface area contributed by atoms with Crippen molar-refractivity contribution >= 4 is 32.7 Å². The van der Waals surface area contributed by atoms with Gasteiger partial charge in [0, 0.05) is 21.4 Å². The molecule has 5 heteroatoms. The predicted molar refractivity (Wildman–Crippen MR) is 119 cm³/mol. The van der Waals surface area contributed by atoms with E-state index in [9.17, 15) is 14.7 Å². The third-order valence-corrected chi connectivity index (χ3v) is 5.66. The third kappa shape index (κ3) is 3.74. The Morgan fingerprint density at radius 3 is 2.48 bits per heavy atom. The maximum absolute atomic E-state index is 13.0. The number of carbonyl (C=O) groups is 1. The second-order valence-electron chi connectivity index (χ2n) is 6.99. The molecule has 0 saturated carbocycles. The summed E-state index contributed by atoms with van der Waals surface area (Å²) in [7, 11) is 0. The van der Waals surface area contributed by atoms with Crippen LogP contribution in [0, 0.1) is 6.92 Å². The van der Waals surface area contributed by atoms with Gasteiger partial charge in [0.05, 0.1) is 12.1 Å². The van der Waals surface area contributed by atoms with Gasteiger partial charge < -0.3 is 9.67 Å². The summed E-state index contributed by atoms with van der Waals surface area (Å²) in [5.41, 5.74) is 3.92. The minimum absolute atomic E-state index is 0.0605. The fourth-order valence-corrected chi connectivity index (χ4v) is 4.05. The molecule has 29 heavy (non-hydrogen) atoms. The van der Waals surface area contributed by atoms with E-state index in [0.717, 1.165) is 32.1 Å². The molecule has 0 amide bonds. The number of halogens is 1. The average Bonchev–Trinajstić information content (AvgIpc) is 2.72. The summed E-state index contributed by atoms with van der Waals surface area (Å²) >= 11 is 3.60. The highest BCUT2D eigenvalue weighted by molar-refractivity contribution is 9.10. The number of fused-ring (bicyclic) bond motifs is 1. The molecule has 1 heterocycles. The zero-order chi connectivity index (χ0) is 20.5. The Hall–Kier alpha value is -3.18. The first-order chi connectivity index (χ1) is 13.9. The van der Waals surface area contributed by atoms with Gasteiger partial charge in [0.2, 0.25) is 0 Å². The van der Waals surface area contributed by atoms with Crippen molar-refractivity contribution in [1.82, 2.24) is 4.57 Å². The van der Waals surface area contributed by atoms with Gasteiger partial charge in [0.15, 0.2) is 0 Å². The van der Waals surface area contributed by atoms with E-state index in [4.69, 9.17) is 0 Å². The molecule has 4 rings (SSSR count). The molecule has 1 aromatic heterocycles. The highest BCUT2D eigenvalue weighted by Crippen LogP contribution is 2.30. The van der Waals surface area contributed by atoms with Gasteiger partial charge in [-0.2, -0.15) is 0 Å². The normalized spacial score (nSPS) is 11.0. The summed E-state index contributed by atoms with van der Waals surface area (Å²) in [5, 5.41) is 10.7. The van der Waals surface area contributed by atoms with Gasteiger partial charge in [-0.05, 0) is 69.4 Å². The molecule has 0 fully saturated rings. The lowest BCUT2D eigenvalue weighted by atomic mass is 9.96. The van der Waals surface area contributed by atoms with E-state index in [1.54, 1.807) is 22.8 Å². The summed E-state index contributed by atoms with van der Waals surface area (Å²) < 4.78 is 2.51. The zero-order valence-electron chi connectivity index (χ0n) is 15.7. The van der Waals surface area contributed by atoms with Gasteiger partial charge in [0.25, 0.3) is 5.56 Å². The predicted octanol–water partition coefficient (Wildman–Crippen LogP) is 5.49. The topological polar surface area (TPSA) is 59.3 Å². The Morgan fingerprint density at radius 2 is 1.76 bits per heavy atom. The second kappa shape index (κ2) is 7.68. The first kappa shape index (κ1) is 19.2. The van der Waals surface area contributed by atoms with Crippen LogP contribution in [0.4, 0.5) is 0 Å². The Balaban J connectivity index is 1.83. The van der Waals surface area contributed by atoms with E-state index in [1.807, 2.05) is 61.7 Å². The Morgan fingerprint density at radius 1 is 1.00 bits per heavy atom. The van der Waals surface area contributed by atoms with E-state index in [2.05, 4.69) is 15.9 Å². The summed E-state index contributed by atoms with van der Waals surface area (Å²) in [6.07, 6.45) is 1.81. The lowest BCUT2D eigenvalue weighted by molar-refractivity contribution is 0.0697. The van der Waals surface area contributed by atoms with Crippen LogP contribution in [0.15, 0.2) is 82.2 Å². The van der Waals surface area contributed by atoms with E-state index in [0.29, 0.717) is 11.9 Å². The van der Waals surface area contributed by atoms with Gasteiger partial charge in [-0.3, -0.25) is 4.79 Å². The van der Waals surface area contributed by atoms with Crippen molar-refractivity contribution in [2.45, 2.75) is 13.5 Å². The van der Waals surface area contributed by atoms with Gasteiger partial charge in [0.1, 0.15) is 0 Å². The number of aryl methyl sites for hydroxylation is 1. The van der Waals surface area contributed by atoms with Crippen molar-refractivity contribution in [3.8, 4) is 11.1 Å². The summed E-state index contributed by atoms with van der Waals surface area (Å²) in [4.78, 5) is 24.4. The molecule has 0 atom stereocenters. The minimum atomic E-state index is -0.961. The number of nitrogens with zero attached hydrogens (tertiary/aromatic N) is 1. The number of hydrogen-bond donors (Lipinski definition) is 1. The number of benzene rings is 3. The zero-order valence-corrected chi connectivity index (χ0v) is 17.3. The Labute approximate surface area is 176 Å². The number of carboxylic acid groups (broad SMARTS) is 1. The largest absolute Gasteiger partial charge is 0.478 e. The summed E-state index contributed by atoms with van der Waals surface area (Å²) in [6, 6.07) is 20.5. The highest BCUT2D eigenvalue weighted by Gasteiger charge is 2.12. The molecular formula is C24H18BrNO3. The van der Waals surface area contributed by atoms with E-state index < -0.39 is 5.97 Å². The average molecular weight is 448 g/mol. The number of aromatic carboxylic acids is 1. The van der Waals surface area contributed by atoms with E-state index in [-0.39, 0.29) is 11.1 Å². The van der Waals surface area contributed by atoms with Gasteiger partial charge >= 0.3 is 5.97 Å². The number of carboxylic acids is 1. The Bertz CT molecular complexity index is 1290. The van der Waals surface area contributed by atoms with Crippen molar-refractivity contribution in [3.63, 3.8) is 0 Å². The van der Waals surface area contributed by atoms with Crippen LogP contribution >= 0.6 is 15.9 Å². The maximum Gasteiger partial charge on any atom is 0.335 e. The van der Waals surface area contributed by atoms with Crippen LogP contribution in [-0.4, -0.2) is 15.6 Å². The van der Waals surface area contributed by atoms with Crippen molar-refractivity contribution < 1.29 is 9.90 Å². The molecule has 0 bridgehead atoms. The van der Waals surface area contributed by atoms with E-state index >= 15 is 0 Å². The van der Waals surface area contributed by atoms with Gasteiger partial charge in [-0.25, -0.2) is 4.79 Å². The molecule has 144 valence electrons. The summed E-state index contributed by atoms with van der Waals surface area (Å²) in [5.74, 6) is -0.961. The lowest BCUT2D eigenvalue weighted by Gasteiger charge is -2.12. The first-order valence-electron chi connectivity index (χ1n) is 9.15. The van der Waals surface area contributed by atoms with Crippen molar-refractivity contribution in [3.05, 3.63) is 104 Å². The van der Waals surface area contributed by atoms with Crippen molar-refractivity contribution in [1.29, 1.82) is 0 Å². The number of hydrogen-bond acceptors (Lipinski definition) is 2. The van der Waals surface area contributed by atoms with Crippen LogP contribution in [-0.2, 0) is 6.54 Å². The minimum Gasteiger partial charge on any atom is -0.478 e. The highest BCUT2D eigenvalue weighted by atomic mass is 79.9. The van der Waals surface area contributed by atoms with Crippen LogP contribution in [0.2, 0.25) is 0 Å². The monoisotopic (exact) mass is 447 g/mol. The molecule has 1 N–H and O–H groups in total. The van der Waals surface area contributed by atoms with Crippen LogP contribution < -0.4 is 5.56 Å². The summed E-state index contributed by atoms with van der Waals surface area (Å²) in [6.45, 7) is 2.44. The standard InChI is InChI=1S/C24H18BrNO3/c1-15-7-8-18(24(28)29)12-20(15)17-9-10-19-21(11-17)22(25)14-26(23(19)27)13-16-5-3-2-4-6-16/h2-12,14H,13H2,1H3,(H,28,29). The molecule has 0 unspecified atom stereocenters. The van der Waals surface area contributed by atoms with Gasteiger partial charge in [-0.15, -0.1) is 0 Å². The van der Waals surface area contributed by atoms with Crippen LogP contribution in [0.1, 0.15) is 21.5 Å². The van der Waals surface area contributed by atoms with Crippen molar-refractivity contribution in [2.75, 3.05) is 0 Å². The molecule has 4 nitrogen and oxygen atoms in total. The fraction of sp³-hybridized carbons (Fsp3) is 0.0833. The smallest absolute Gasteiger partial charge is 0.335 e. The molecule has 3 aromatic carbocycles. The molecule has 4 aromatic rings. The maximum atomic E-state index is 13.0. The Kier molecular flexibility index (Phi) is 5.07. The fourth-order valence-electron chi connectivity index (χ4n) is 3.48. The number of aromatic nitrogens is 1. The first-order valence-corrected chi connectivity index (χ1v) is 9.94. The van der Waals surface area contributed by atoms with Crippen LogP contribution in [0.25, 0.3) is 21.9 Å². The quantitative estimate of drug-likeness (QED) is 0.450. The van der Waals surface area contributed by atoms with Crippen LogP contribution in [0.5, 0.6) is 0 Å². The number of rotatable bonds is 4.